The molecule has 112 valence electrons. The van der Waals surface area contributed by atoms with Crippen molar-refractivity contribution in [3.63, 3.8) is 0 Å². The molecule has 0 atom stereocenters. The van der Waals surface area contributed by atoms with E-state index in [0.29, 0.717) is 10.6 Å². The summed E-state index contributed by atoms with van der Waals surface area (Å²) in [6.45, 7) is 0. The molecule has 2 aromatic rings. The normalized spacial score (nSPS) is 14.5. The lowest BCUT2D eigenvalue weighted by Crippen LogP contribution is -3.61. The number of amides is 2. The molecular weight excluding hydrogens is 417 g/mol. The van der Waals surface area contributed by atoms with E-state index in [1.807, 2.05) is 23.6 Å². The molecule has 0 unspecified atom stereocenters. The molecule has 22 heavy (non-hydrogen) atoms. The minimum absolute atomic E-state index is 0.0936. The number of thiophene rings is 1. The fourth-order valence-electron chi connectivity index (χ4n) is 1.86. The number of carbonyl (C=O) groups is 3. The topological polar surface area (TPSA) is 63.7 Å². The van der Waals surface area contributed by atoms with Crippen LogP contribution in [-0.2, 0) is 14.4 Å². The Bertz CT molecular complexity index is 696. The highest BCUT2D eigenvalue weighted by Gasteiger charge is 2.33. The molecule has 1 fully saturated rings. The summed E-state index contributed by atoms with van der Waals surface area (Å²) in [4.78, 5) is 39.7. The van der Waals surface area contributed by atoms with E-state index in [9.17, 15) is 14.4 Å². The maximum absolute atomic E-state index is 12.0. The van der Waals surface area contributed by atoms with Crippen LogP contribution < -0.4 is 21.2 Å². The van der Waals surface area contributed by atoms with Gasteiger partial charge in [0, 0.05) is 18.9 Å². The molecule has 2 heterocycles. The van der Waals surface area contributed by atoms with Crippen LogP contribution in [0.2, 0.25) is 0 Å². The first kappa shape index (κ1) is 15.2. The summed E-state index contributed by atoms with van der Waals surface area (Å²) in [7, 11) is 0. The van der Waals surface area contributed by atoms with E-state index >= 15 is 0 Å². The van der Waals surface area contributed by atoms with Crippen LogP contribution in [0.15, 0.2) is 41.8 Å². The molecule has 0 radical (unpaired) electrons. The number of benzene rings is 1. The van der Waals surface area contributed by atoms with E-state index in [0.717, 1.165) is 0 Å². The molecule has 0 N–H and O–H groups in total. The zero-order valence-corrected chi connectivity index (χ0v) is 14.3. The number of halogens is 1. The van der Waals surface area contributed by atoms with E-state index in [1.54, 1.807) is 23.5 Å². The predicted molar refractivity (Wildman–Crippen MR) is 74.7 cm³/mol. The van der Waals surface area contributed by atoms with Crippen molar-refractivity contribution >= 4 is 29.1 Å². The Morgan fingerprint density at radius 1 is 1.09 bits per heavy atom. The highest BCUT2D eigenvalue weighted by molar-refractivity contribution is 7.07. The van der Waals surface area contributed by atoms with Gasteiger partial charge in [-0.3, -0.25) is 9.59 Å². The summed E-state index contributed by atoms with van der Waals surface area (Å²) in [6, 6.07) is 11.2. The third kappa shape index (κ3) is 3.36. The Morgan fingerprint density at radius 3 is 2.36 bits per heavy atom. The van der Waals surface area contributed by atoms with Gasteiger partial charge in [-0.25, -0.2) is 4.79 Å². The van der Waals surface area contributed by atoms with Gasteiger partial charge < -0.3 is 4.84 Å². The van der Waals surface area contributed by atoms with E-state index in [1.165, 1.54) is 6.45 Å². The van der Waals surface area contributed by atoms with Crippen molar-refractivity contribution in [1.29, 1.82) is 0 Å². The van der Waals surface area contributed by atoms with Crippen LogP contribution >= 0.6 is 11.3 Å². The van der Waals surface area contributed by atoms with Crippen molar-refractivity contribution in [2.45, 2.75) is 12.8 Å². The molecule has 0 bridgehead atoms. The Kier molecular flexibility index (Phi) is 4.53. The van der Waals surface area contributed by atoms with Crippen LogP contribution in [0.3, 0.4) is 0 Å². The lowest BCUT2D eigenvalue weighted by atomic mass is 10.2. The number of rotatable bonds is 4. The highest BCUT2D eigenvalue weighted by Crippen LogP contribution is 2.14. The highest BCUT2D eigenvalue weighted by atomic mass is 127. The van der Waals surface area contributed by atoms with Crippen molar-refractivity contribution in [3.05, 3.63) is 53.8 Å². The molecule has 0 saturated carbocycles. The molecule has 2 amide bonds. The van der Waals surface area contributed by atoms with Gasteiger partial charge in [0.1, 0.15) is 0 Å². The minimum atomic E-state index is -0.690. The molecule has 1 aromatic heterocycles. The number of carbonyl (C=O) groups excluding carboxylic acids is 3. The smallest absolute Gasteiger partial charge is 0.325 e. The molecular formula is C15H11INO4S+. The maximum Gasteiger partial charge on any atom is 0.369 e. The Labute approximate surface area is 141 Å². The third-order valence-electron chi connectivity index (χ3n) is 2.95. The van der Waals surface area contributed by atoms with Crippen molar-refractivity contribution in [2.24, 2.45) is 0 Å². The van der Waals surface area contributed by atoms with E-state index in [2.05, 4.69) is 6.07 Å². The Balaban J connectivity index is 1.66. The molecule has 3 rings (SSSR count). The second kappa shape index (κ2) is 6.57. The summed E-state index contributed by atoms with van der Waals surface area (Å²) < 4.78 is 2.54. The predicted octanol–water partition coefficient (Wildman–Crippen LogP) is -0.903. The van der Waals surface area contributed by atoms with E-state index < -0.39 is 17.8 Å². The first-order valence-electron chi connectivity index (χ1n) is 6.50. The van der Waals surface area contributed by atoms with Crippen LogP contribution in [0.5, 0.6) is 0 Å². The van der Waals surface area contributed by atoms with Gasteiger partial charge in [0.25, 0.3) is 11.8 Å². The average molecular weight is 428 g/mol. The van der Waals surface area contributed by atoms with Gasteiger partial charge in [0.2, 0.25) is 2.88 Å². The molecule has 1 saturated heterocycles. The molecule has 7 heteroatoms. The van der Waals surface area contributed by atoms with Gasteiger partial charge in [0.15, 0.2) is 3.57 Å². The van der Waals surface area contributed by atoms with Crippen LogP contribution in [0, 0.1) is 6.45 Å². The van der Waals surface area contributed by atoms with Crippen molar-refractivity contribution in [1.82, 2.24) is 5.06 Å². The molecule has 1 aromatic carbocycles. The number of hydrogen-bond acceptors (Lipinski definition) is 5. The van der Waals surface area contributed by atoms with Crippen LogP contribution in [0.1, 0.15) is 23.2 Å². The van der Waals surface area contributed by atoms with E-state index in [-0.39, 0.29) is 34.0 Å². The number of hydroxylamine groups is 2. The van der Waals surface area contributed by atoms with Crippen LogP contribution in [0.4, 0.5) is 0 Å². The molecule has 1 aliphatic rings. The van der Waals surface area contributed by atoms with Crippen LogP contribution in [-0.4, -0.2) is 22.8 Å². The summed E-state index contributed by atoms with van der Waals surface area (Å²) in [5, 5.41) is 2.61. The standard InChI is InChI=1S/C15H11INO4S/c18-13-7-8-14(19)17(13)21-15(20)10-3-5-11(6-4-10)16-12-2-1-9-22-12/h1-6,9H,7-8H2/q+1. The van der Waals surface area contributed by atoms with Crippen molar-refractivity contribution in [2.75, 3.05) is 0 Å². The fraction of sp³-hybridized carbons (Fsp3) is 0.133. The second-order valence-electron chi connectivity index (χ2n) is 4.48. The van der Waals surface area contributed by atoms with Gasteiger partial charge in [-0.05, 0) is 35.7 Å². The summed E-state index contributed by atoms with van der Waals surface area (Å²) in [5.74, 6) is -1.64. The lowest BCUT2D eigenvalue weighted by molar-refractivity contribution is -0.591. The van der Waals surface area contributed by atoms with E-state index in [4.69, 9.17) is 4.84 Å². The average Bonchev–Trinajstić information content (AvgIpc) is 3.13. The SMILES string of the molecule is O=C(ON1C(=O)CCC1=O)c1ccc([I+]c2cccs2)cc1. The number of hydrogen-bond donors (Lipinski definition) is 0. The quantitative estimate of drug-likeness (QED) is 0.468. The molecule has 0 spiro atoms. The van der Waals surface area contributed by atoms with Gasteiger partial charge >= 0.3 is 27.2 Å². The lowest BCUT2D eigenvalue weighted by Gasteiger charge is -2.12. The third-order valence-corrected chi connectivity index (χ3v) is 7.12. The van der Waals surface area contributed by atoms with Gasteiger partial charge in [0.05, 0.1) is 5.56 Å². The van der Waals surface area contributed by atoms with Crippen LogP contribution in [0.25, 0.3) is 0 Å². The largest absolute Gasteiger partial charge is 0.369 e. The zero-order chi connectivity index (χ0) is 15.5. The minimum Gasteiger partial charge on any atom is -0.325 e. The number of imide groups is 1. The summed E-state index contributed by atoms with van der Waals surface area (Å²) in [6.07, 6.45) is 0.187. The van der Waals surface area contributed by atoms with Crippen molar-refractivity contribution < 1.29 is 40.4 Å². The second-order valence-corrected chi connectivity index (χ2v) is 9.11. The Morgan fingerprint density at radius 2 is 1.77 bits per heavy atom. The Hall–Kier alpha value is -1.74. The zero-order valence-electron chi connectivity index (χ0n) is 11.3. The molecule has 5 nitrogen and oxygen atoms in total. The first-order chi connectivity index (χ1) is 10.6. The number of nitrogens with zero attached hydrogens (tertiary/aromatic N) is 1. The summed E-state index contributed by atoms with van der Waals surface area (Å²) >= 11 is 1.48. The summed E-state index contributed by atoms with van der Waals surface area (Å²) in [5.41, 5.74) is 0.325. The monoisotopic (exact) mass is 428 g/mol. The molecule has 1 aliphatic heterocycles. The fourth-order valence-corrected chi connectivity index (χ4v) is 5.49. The van der Waals surface area contributed by atoms with Gasteiger partial charge in [-0.2, -0.15) is 0 Å². The molecule has 0 aliphatic carbocycles. The maximum atomic E-state index is 12.0. The van der Waals surface area contributed by atoms with Gasteiger partial charge in [-0.1, -0.05) is 11.3 Å². The first-order valence-corrected chi connectivity index (χ1v) is 9.54. The van der Waals surface area contributed by atoms with Crippen molar-refractivity contribution in [3.8, 4) is 0 Å². The van der Waals surface area contributed by atoms with Gasteiger partial charge in [-0.15, -0.1) is 5.06 Å².